The molecule has 8 heteroatoms. The van der Waals surface area contributed by atoms with Crippen molar-refractivity contribution < 1.29 is 9.53 Å². The fourth-order valence-electron chi connectivity index (χ4n) is 2.37. The summed E-state index contributed by atoms with van der Waals surface area (Å²) in [5.74, 6) is 0.463. The van der Waals surface area contributed by atoms with Gasteiger partial charge in [-0.2, -0.15) is 5.10 Å². The lowest BCUT2D eigenvalue weighted by Crippen LogP contribution is -2.17. The second kappa shape index (κ2) is 4.15. The zero-order valence-corrected chi connectivity index (χ0v) is 11.3. The standard InChI is InChI=1S/C12H11N5O2S/c13-11(18)7-3-15-17-5-9(20-12(7)17)8-4-14-10-6-19-2-1-16(8)10/h3-5H,1-2,6H2,(H2,13,18). The van der Waals surface area contributed by atoms with Crippen molar-refractivity contribution in [2.24, 2.45) is 5.73 Å². The van der Waals surface area contributed by atoms with Gasteiger partial charge in [0.15, 0.2) is 0 Å². The molecule has 0 saturated heterocycles. The fraction of sp³-hybridized carbons (Fsp3) is 0.250. The summed E-state index contributed by atoms with van der Waals surface area (Å²) >= 11 is 1.49. The van der Waals surface area contributed by atoms with Crippen LogP contribution >= 0.6 is 11.3 Å². The van der Waals surface area contributed by atoms with Crippen molar-refractivity contribution in [1.82, 2.24) is 19.2 Å². The van der Waals surface area contributed by atoms with Crippen LogP contribution in [0.4, 0.5) is 0 Å². The summed E-state index contributed by atoms with van der Waals surface area (Å²) in [5.41, 5.74) is 6.81. The smallest absolute Gasteiger partial charge is 0.253 e. The molecule has 3 aromatic heterocycles. The molecular formula is C12H11N5O2S. The highest BCUT2D eigenvalue weighted by molar-refractivity contribution is 7.21. The van der Waals surface area contributed by atoms with Gasteiger partial charge in [0.25, 0.3) is 5.91 Å². The topological polar surface area (TPSA) is 87.4 Å². The Morgan fingerprint density at radius 3 is 3.20 bits per heavy atom. The molecule has 1 amide bonds. The number of carbonyl (C=O) groups is 1. The van der Waals surface area contributed by atoms with Crippen molar-refractivity contribution in [1.29, 1.82) is 0 Å². The van der Waals surface area contributed by atoms with Crippen LogP contribution in [0.2, 0.25) is 0 Å². The van der Waals surface area contributed by atoms with Crippen molar-refractivity contribution in [2.75, 3.05) is 6.61 Å². The number of carbonyl (C=O) groups excluding carboxylic acids is 1. The number of nitrogens with zero attached hydrogens (tertiary/aromatic N) is 4. The van der Waals surface area contributed by atoms with E-state index in [1.807, 2.05) is 12.4 Å². The quantitative estimate of drug-likeness (QED) is 0.759. The van der Waals surface area contributed by atoms with Crippen LogP contribution in [0.3, 0.4) is 0 Å². The molecule has 0 fully saturated rings. The predicted octanol–water partition coefficient (Wildman–Crippen LogP) is 0.888. The van der Waals surface area contributed by atoms with Crippen LogP contribution in [-0.2, 0) is 17.9 Å². The van der Waals surface area contributed by atoms with E-state index in [9.17, 15) is 4.79 Å². The first kappa shape index (κ1) is 11.6. The number of fused-ring (bicyclic) bond motifs is 2. The molecule has 7 nitrogen and oxygen atoms in total. The van der Waals surface area contributed by atoms with Crippen molar-refractivity contribution in [3.05, 3.63) is 30.0 Å². The molecule has 0 aromatic carbocycles. The van der Waals surface area contributed by atoms with Gasteiger partial charge >= 0.3 is 0 Å². The van der Waals surface area contributed by atoms with Gasteiger partial charge in [-0.3, -0.25) is 4.79 Å². The maximum Gasteiger partial charge on any atom is 0.253 e. The van der Waals surface area contributed by atoms with Crippen LogP contribution in [0.5, 0.6) is 0 Å². The summed E-state index contributed by atoms with van der Waals surface area (Å²) < 4.78 is 9.20. The van der Waals surface area contributed by atoms with E-state index >= 15 is 0 Å². The average Bonchev–Trinajstić information content (AvgIpc) is 3.10. The van der Waals surface area contributed by atoms with Crippen molar-refractivity contribution in [3.63, 3.8) is 0 Å². The lowest BCUT2D eigenvalue weighted by Gasteiger charge is -2.16. The highest BCUT2D eigenvalue weighted by Gasteiger charge is 2.19. The van der Waals surface area contributed by atoms with Gasteiger partial charge in [-0.25, -0.2) is 9.50 Å². The Balaban J connectivity index is 1.86. The van der Waals surface area contributed by atoms with Crippen LogP contribution < -0.4 is 5.73 Å². The fourth-order valence-corrected chi connectivity index (χ4v) is 3.45. The number of primary amides is 1. The predicted molar refractivity (Wildman–Crippen MR) is 72.5 cm³/mol. The minimum Gasteiger partial charge on any atom is -0.372 e. The van der Waals surface area contributed by atoms with Gasteiger partial charge < -0.3 is 15.0 Å². The zero-order chi connectivity index (χ0) is 13.7. The molecule has 0 spiro atoms. The first-order valence-electron chi connectivity index (χ1n) is 6.13. The molecule has 4 rings (SSSR count). The number of imidazole rings is 1. The molecule has 102 valence electrons. The van der Waals surface area contributed by atoms with Crippen LogP contribution in [0.15, 0.2) is 18.6 Å². The lowest BCUT2D eigenvalue weighted by atomic mass is 10.3. The SMILES string of the molecule is NC(=O)c1cnn2cc(-c3cnc4n3CCOC4)sc12. The summed E-state index contributed by atoms with van der Waals surface area (Å²) in [6.07, 6.45) is 5.23. The average molecular weight is 289 g/mol. The monoisotopic (exact) mass is 289 g/mol. The number of ether oxygens (including phenoxy) is 1. The van der Waals surface area contributed by atoms with Gasteiger partial charge in [0.1, 0.15) is 17.3 Å². The van der Waals surface area contributed by atoms with Crippen molar-refractivity contribution >= 4 is 22.1 Å². The highest BCUT2D eigenvalue weighted by atomic mass is 32.1. The van der Waals surface area contributed by atoms with Crippen molar-refractivity contribution in [2.45, 2.75) is 13.2 Å². The summed E-state index contributed by atoms with van der Waals surface area (Å²) in [6, 6.07) is 0. The van der Waals surface area contributed by atoms with Crippen LogP contribution in [0.1, 0.15) is 16.2 Å². The van der Waals surface area contributed by atoms with Crippen LogP contribution in [0, 0.1) is 0 Å². The van der Waals surface area contributed by atoms with Gasteiger partial charge in [0, 0.05) is 12.7 Å². The Morgan fingerprint density at radius 1 is 1.45 bits per heavy atom. The summed E-state index contributed by atoms with van der Waals surface area (Å²) in [5, 5.41) is 4.15. The Kier molecular flexibility index (Phi) is 2.41. The number of hydrogen-bond acceptors (Lipinski definition) is 5. The number of aromatic nitrogens is 4. The third kappa shape index (κ3) is 1.58. The first-order chi connectivity index (χ1) is 9.74. The van der Waals surface area contributed by atoms with Gasteiger partial charge in [-0.1, -0.05) is 0 Å². The lowest BCUT2D eigenvalue weighted by molar-refractivity contribution is 0.0822. The number of hydrogen-bond donors (Lipinski definition) is 1. The van der Waals surface area contributed by atoms with Gasteiger partial charge in [0.2, 0.25) is 0 Å². The molecule has 4 heterocycles. The molecule has 0 bridgehead atoms. The molecule has 0 aliphatic carbocycles. The molecular weight excluding hydrogens is 278 g/mol. The highest BCUT2D eigenvalue weighted by Crippen LogP contribution is 2.31. The largest absolute Gasteiger partial charge is 0.372 e. The number of thiazole rings is 1. The molecule has 1 aliphatic rings. The molecule has 0 radical (unpaired) electrons. The normalized spacial score (nSPS) is 14.6. The molecule has 3 aromatic rings. The summed E-state index contributed by atoms with van der Waals surface area (Å²) in [6.45, 7) is 2.01. The Morgan fingerprint density at radius 2 is 2.35 bits per heavy atom. The third-order valence-electron chi connectivity index (χ3n) is 3.34. The maximum absolute atomic E-state index is 11.3. The minimum atomic E-state index is -0.461. The van der Waals surface area contributed by atoms with E-state index in [0.29, 0.717) is 18.8 Å². The van der Waals surface area contributed by atoms with Gasteiger partial charge in [0.05, 0.1) is 35.1 Å². The number of amides is 1. The van der Waals surface area contributed by atoms with E-state index in [1.165, 1.54) is 17.5 Å². The molecule has 0 saturated carbocycles. The van der Waals surface area contributed by atoms with E-state index < -0.39 is 5.91 Å². The number of nitrogens with two attached hydrogens (primary N) is 1. The Labute approximate surface area is 117 Å². The van der Waals surface area contributed by atoms with Crippen LogP contribution in [-0.4, -0.2) is 31.7 Å². The minimum absolute atomic E-state index is 0.447. The second-order valence-corrected chi connectivity index (χ2v) is 5.56. The van der Waals surface area contributed by atoms with E-state index in [1.54, 1.807) is 4.52 Å². The molecule has 0 atom stereocenters. The van der Waals surface area contributed by atoms with Gasteiger partial charge in [-0.15, -0.1) is 11.3 Å². The van der Waals surface area contributed by atoms with E-state index in [2.05, 4.69) is 14.6 Å². The Hall–Kier alpha value is -2.19. The second-order valence-electron chi connectivity index (χ2n) is 4.53. The third-order valence-corrected chi connectivity index (χ3v) is 4.48. The molecule has 1 aliphatic heterocycles. The summed E-state index contributed by atoms with van der Waals surface area (Å²) in [4.78, 5) is 17.5. The van der Waals surface area contributed by atoms with Crippen LogP contribution in [0.25, 0.3) is 15.4 Å². The number of rotatable bonds is 2. The first-order valence-corrected chi connectivity index (χ1v) is 6.95. The molecule has 20 heavy (non-hydrogen) atoms. The van der Waals surface area contributed by atoms with E-state index in [4.69, 9.17) is 10.5 Å². The molecule has 0 unspecified atom stereocenters. The zero-order valence-electron chi connectivity index (χ0n) is 10.4. The van der Waals surface area contributed by atoms with E-state index in [-0.39, 0.29) is 0 Å². The van der Waals surface area contributed by atoms with E-state index in [0.717, 1.165) is 27.8 Å². The molecule has 2 N–H and O–H groups in total. The maximum atomic E-state index is 11.3. The van der Waals surface area contributed by atoms with Crippen molar-refractivity contribution in [3.8, 4) is 10.6 Å². The summed E-state index contributed by atoms with van der Waals surface area (Å²) in [7, 11) is 0. The van der Waals surface area contributed by atoms with Gasteiger partial charge in [-0.05, 0) is 0 Å². The Bertz CT molecular complexity index is 815.